The molecule has 0 atom stereocenters. The van der Waals surface area contributed by atoms with Gasteiger partial charge in [0, 0.05) is 57.5 Å². The standard InChI is InChI=1S/C21H34N4O4/c1-17(2)16-29-21(27)15-25-10-7-22-19(25)3-4-20(26)24-8-5-18(6-9-24)23-11-13-28-14-12-23/h7,10,17-18H,3-6,8-9,11-16H2,1-2H3. The number of amides is 1. The number of aryl methyl sites for hydroxylation is 1. The van der Waals surface area contributed by atoms with Gasteiger partial charge in [-0.3, -0.25) is 14.5 Å². The van der Waals surface area contributed by atoms with E-state index in [-0.39, 0.29) is 18.4 Å². The maximum Gasteiger partial charge on any atom is 0.326 e. The number of carbonyl (C=O) groups is 2. The summed E-state index contributed by atoms with van der Waals surface area (Å²) in [6.07, 6.45) is 6.45. The third-order valence-corrected chi connectivity index (χ3v) is 5.62. The van der Waals surface area contributed by atoms with Crippen molar-refractivity contribution in [1.29, 1.82) is 0 Å². The summed E-state index contributed by atoms with van der Waals surface area (Å²) in [5, 5.41) is 0. The molecule has 29 heavy (non-hydrogen) atoms. The summed E-state index contributed by atoms with van der Waals surface area (Å²) < 4.78 is 12.4. The Morgan fingerprint density at radius 1 is 1.21 bits per heavy atom. The first kappa shape index (κ1) is 21.8. The minimum absolute atomic E-state index is 0.140. The van der Waals surface area contributed by atoms with Gasteiger partial charge in [-0.1, -0.05) is 13.8 Å². The van der Waals surface area contributed by atoms with Crippen LogP contribution in [-0.2, 0) is 32.0 Å². The number of esters is 1. The number of likely N-dealkylation sites (tertiary alicyclic amines) is 1. The maximum atomic E-state index is 12.7. The van der Waals surface area contributed by atoms with Gasteiger partial charge in [0.25, 0.3) is 0 Å². The Kier molecular flexibility index (Phi) is 8.06. The van der Waals surface area contributed by atoms with Gasteiger partial charge in [0.1, 0.15) is 12.4 Å². The molecular formula is C21H34N4O4. The van der Waals surface area contributed by atoms with Crippen LogP contribution in [0.4, 0.5) is 0 Å². The van der Waals surface area contributed by atoms with Crippen LogP contribution in [0.3, 0.4) is 0 Å². The van der Waals surface area contributed by atoms with Crippen LogP contribution in [-0.4, -0.2) is 83.3 Å². The Balaban J connectivity index is 1.41. The van der Waals surface area contributed by atoms with Crippen molar-refractivity contribution < 1.29 is 19.1 Å². The van der Waals surface area contributed by atoms with Crippen LogP contribution in [0.1, 0.15) is 38.9 Å². The van der Waals surface area contributed by atoms with E-state index >= 15 is 0 Å². The maximum absolute atomic E-state index is 12.7. The summed E-state index contributed by atoms with van der Waals surface area (Å²) in [5.74, 6) is 0.964. The lowest BCUT2D eigenvalue weighted by atomic mass is 10.0. The second-order valence-electron chi connectivity index (χ2n) is 8.31. The van der Waals surface area contributed by atoms with Crippen LogP contribution in [0.25, 0.3) is 0 Å². The summed E-state index contributed by atoms with van der Waals surface area (Å²) in [6.45, 7) is 9.84. The fourth-order valence-electron chi connectivity index (χ4n) is 3.96. The largest absolute Gasteiger partial charge is 0.464 e. The highest BCUT2D eigenvalue weighted by Crippen LogP contribution is 2.18. The third kappa shape index (κ3) is 6.54. The molecule has 2 fully saturated rings. The van der Waals surface area contributed by atoms with Gasteiger partial charge in [-0.25, -0.2) is 4.98 Å². The van der Waals surface area contributed by atoms with E-state index in [1.807, 2.05) is 18.7 Å². The van der Waals surface area contributed by atoms with Gasteiger partial charge < -0.3 is 18.9 Å². The average molecular weight is 407 g/mol. The second kappa shape index (κ2) is 10.7. The highest BCUT2D eigenvalue weighted by atomic mass is 16.5. The molecule has 2 aliphatic heterocycles. The number of imidazole rings is 1. The number of aromatic nitrogens is 2. The third-order valence-electron chi connectivity index (χ3n) is 5.62. The number of morpholine rings is 1. The first-order valence-electron chi connectivity index (χ1n) is 10.8. The van der Waals surface area contributed by atoms with E-state index in [0.717, 1.165) is 58.1 Å². The summed E-state index contributed by atoms with van der Waals surface area (Å²) in [4.78, 5) is 33.4. The lowest BCUT2D eigenvalue weighted by Crippen LogP contribution is -2.50. The van der Waals surface area contributed by atoms with Crippen molar-refractivity contribution in [2.45, 2.75) is 52.1 Å². The molecule has 3 rings (SSSR count). The van der Waals surface area contributed by atoms with Crippen molar-refractivity contribution in [2.24, 2.45) is 5.92 Å². The second-order valence-corrected chi connectivity index (χ2v) is 8.31. The first-order valence-corrected chi connectivity index (χ1v) is 10.8. The minimum atomic E-state index is -0.269. The molecule has 3 heterocycles. The predicted molar refractivity (Wildman–Crippen MR) is 108 cm³/mol. The molecule has 0 N–H and O–H groups in total. The van der Waals surface area contributed by atoms with Crippen LogP contribution in [0.5, 0.6) is 0 Å². The van der Waals surface area contributed by atoms with Crippen LogP contribution >= 0.6 is 0 Å². The van der Waals surface area contributed by atoms with Crippen molar-refractivity contribution in [3.63, 3.8) is 0 Å². The Hall–Kier alpha value is -1.93. The Bertz CT molecular complexity index is 661. The van der Waals surface area contributed by atoms with E-state index in [2.05, 4.69) is 9.88 Å². The van der Waals surface area contributed by atoms with Crippen LogP contribution in [0.2, 0.25) is 0 Å². The van der Waals surface area contributed by atoms with E-state index in [4.69, 9.17) is 9.47 Å². The molecule has 0 spiro atoms. The van der Waals surface area contributed by atoms with Gasteiger partial charge in [0.2, 0.25) is 5.91 Å². The van der Waals surface area contributed by atoms with Crippen molar-refractivity contribution in [3.8, 4) is 0 Å². The number of hydrogen-bond acceptors (Lipinski definition) is 6. The smallest absolute Gasteiger partial charge is 0.326 e. The van der Waals surface area contributed by atoms with Crippen molar-refractivity contribution in [3.05, 3.63) is 18.2 Å². The zero-order valence-electron chi connectivity index (χ0n) is 17.7. The molecule has 0 unspecified atom stereocenters. The quantitative estimate of drug-likeness (QED) is 0.607. The van der Waals surface area contributed by atoms with E-state index in [1.54, 1.807) is 17.0 Å². The van der Waals surface area contributed by atoms with Gasteiger partial charge in [-0.2, -0.15) is 0 Å². The molecule has 8 heteroatoms. The van der Waals surface area contributed by atoms with Gasteiger partial charge in [-0.05, 0) is 18.8 Å². The molecule has 0 saturated carbocycles. The first-order chi connectivity index (χ1) is 14.0. The Morgan fingerprint density at radius 2 is 1.93 bits per heavy atom. The molecule has 2 saturated heterocycles. The van der Waals surface area contributed by atoms with Crippen molar-refractivity contribution in [2.75, 3.05) is 46.0 Å². The molecule has 2 aliphatic rings. The van der Waals surface area contributed by atoms with Gasteiger partial charge in [0.15, 0.2) is 0 Å². The lowest BCUT2D eigenvalue weighted by molar-refractivity contribution is -0.145. The van der Waals surface area contributed by atoms with Crippen LogP contribution in [0.15, 0.2) is 12.4 Å². The SMILES string of the molecule is CC(C)COC(=O)Cn1ccnc1CCC(=O)N1CCC(N2CCOCC2)CC1. The minimum Gasteiger partial charge on any atom is -0.464 e. The molecule has 162 valence electrons. The zero-order chi connectivity index (χ0) is 20.6. The number of carbonyl (C=O) groups excluding carboxylic acids is 2. The number of nitrogens with zero attached hydrogens (tertiary/aromatic N) is 4. The molecular weight excluding hydrogens is 372 g/mol. The fraction of sp³-hybridized carbons (Fsp3) is 0.762. The number of ether oxygens (including phenoxy) is 2. The van der Waals surface area contributed by atoms with Crippen molar-refractivity contribution >= 4 is 11.9 Å². The van der Waals surface area contributed by atoms with E-state index in [0.29, 0.717) is 31.4 Å². The van der Waals surface area contributed by atoms with Crippen molar-refractivity contribution in [1.82, 2.24) is 19.4 Å². The van der Waals surface area contributed by atoms with E-state index in [9.17, 15) is 9.59 Å². The summed E-state index contributed by atoms with van der Waals surface area (Å²) >= 11 is 0. The Morgan fingerprint density at radius 3 is 2.62 bits per heavy atom. The van der Waals surface area contributed by atoms with Gasteiger partial charge >= 0.3 is 5.97 Å². The normalized spacial score (nSPS) is 18.9. The fourth-order valence-corrected chi connectivity index (χ4v) is 3.96. The topological polar surface area (TPSA) is 76.9 Å². The van der Waals surface area contributed by atoms with E-state index < -0.39 is 0 Å². The van der Waals surface area contributed by atoms with Crippen LogP contribution in [0, 0.1) is 5.92 Å². The molecule has 0 radical (unpaired) electrons. The molecule has 0 bridgehead atoms. The molecule has 1 amide bonds. The van der Waals surface area contributed by atoms with Gasteiger partial charge in [0.05, 0.1) is 19.8 Å². The number of piperidine rings is 1. The molecule has 0 aromatic carbocycles. The molecule has 0 aliphatic carbocycles. The lowest BCUT2D eigenvalue weighted by Gasteiger charge is -2.40. The van der Waals surface area contributed by atoms with E-state index in [1.165, 1.54) is 0 Å². The monoisotopic (exact) mass is 406 g/mol. The summed E-state index contributed by atoms with van der Waals surface area (Å²) in [7, 11) is 0. The summed E-state index contributed by atoms with van der Waals surface area (Å²) in [6, 6.07) is 0.568. The molecule has 8 nitrogen and oxygen atoms in total. The number of hydrogen-bond donors (Lipinski definition) is 0. The summed E-state index contributed by atoms with van der Waals surface area (Å²) in [5.41, 5.74) is 0. The molecule has 1 aromatic rings. The Labute approximate surface area is 173 Å². The highest BCUT2D eigenvalue weighted by Gasteiger charge is 2.27. The van der Waals surface area contributed by atoms with Crippen LogP contribution < -0.4 is 0 Å². The van der Waals surface area contributed by atoms with Gasteiger partial charge in [-0.15, -0.1) is 0 Å². The zero-order valence-corrected chi connectivity index (χ0v) is 17.7. The number of rotatable bonds is 8. The average Bonchev–Trinajstić information content (AvgIpc) is 3.18. The molecule has 1 aromatic heterocycles. The predicted octanol–water partition coefficient (Wildman–Crippen LogP) is 1.34. The highest BCUT2D eigenvalue weighted by molar-refractivity contribution is 5.76.